The number of hydrogen-bond donors (Lipinski definition) is 2. The van der Waals surface area contributed by atoms with Crippen LogP contribution in [-0.4, -0.2) is 44.9 Å². The Morgan fingerprint density at radius 1 is 1.48 bits per heavy atom. The summed E-state index contributed by atoms with van der Waals surface area (Å²) in [6, 6.07) is 0. The van der Waals surface area contributed by atoms with Crippen molar-refractivity contribution in [2.45, 2.75) is 46.0 Å². The summed E-state index contributed by atoms with van der Waals surface area (Å²) in [5.41, 5.74) is -0.871. The van der Waals surface area contributed by atoms with Gasteiger partial charge in [-0.1, -0.05) is 13.3 Å². The number of H-pyrrole nitrogens is 1. The van der Waals surface area contributed by atoms with Gasteiger partial charge in [0.1, 0.15) is 5.82 Å². The number of aromatic nitrogens is 2. The van der Waals surface area contributed by atoms with Gasteiger partial charge in [0, 0.05) is 24.8 Å². The molecule has 1 amide bonds. The highest BCUT2D eigenvalue weighted by Crippen LogP contribution is 2.35. The number of rotatable bonds is 5. The fourth-order valence-electron chi connectivity index (χ4n) is 3.22. The summed E-state index contributed by atoms with van der Waals surface area (Å²) in [5, 5.41) is 9.58. The van der Waals surface area contributed by atoms with E-state index in [1.54, 1.807) is 11.8 Å². The quantitative estimate of drug-likeness (QED) is 0.845. The minimum atomic E-state index is -0.861. The molecule has 0 unspecified atom stereocenters. The molecule has 1 aliphatic rings. The Morgan fingerprint density at radius 3 is 2.83 bits per heavy atom. The van der Waals surface area contributed by atoms with E-state index in [0.29, 0.717) is 37.2 Å². The van der Waals surface area contributed by atoms with Crippen molar-refractivity contribution in [2.24, 2.45) is 5.41 Å². The van der Waals surface area contributed by atoms with E-state index >= 15 is 0 Å². The Bertz CT molecular complexity index is 651. The number of aliphatic carboxylic acids is 1. The Hall–Kier alpha value is -2.18. The summed E-state index contributed by atoms with van der Waals surface area (Å²) >= 11 is 0. The lowest BCUT2D eigenvalue weighted by Crippen LogP contribution is -2.50. The van der Waals surface area contributed by atoms with Crippen LogP contribution in [0.25, 0.3) is 0 Å². The number of hydrogen-bond acceptors (Lipinski definition) is 4. The summed E-state index contributed by atoms with van der Waals surface area (Å²) in [4.78, 5) is 44.1. The summed E-state index contributed by atoms with van der Waals surface area (Å²) in [7, 11) is 0. The monoisotopic (exact) mass is 321 g/mol. The summed E-state index contributed by atoms with van der Waals surface area (Å²) < 4.78 is 0. The minimum absolute atomic E-state index is 0.0512. The lowest BCUT2D eigenvalue weighted by molar-refractivity contribution is -0.155. The average molecular weight is 321 g/mol. The fourth-order valence-corrected chi connectivity index (χ4v) is 3.22. The second-order valence-corrected chi connectivity index (χ2v) is 6.25. The van der Waals surface area contributed by atoms with E-state index in [2.05, 4.69) is 9.97 Å². The van der Waals surface area contributed by atoms with Crippen LogP contribution in [0, 0.1) is 12.3 Å². The van der Waals surface area contributed by atoms with Gasteiger partial charge in [0.15, 0.2) is 0 Å². The first-order valence-electron chi connectivity index (χ1n) is 7.94. The number of carboxylic acids is 1. The highest BCUT2D eigenvalue weighted by molar-refractivity contribution is 5.81. The average Bonchev–Trinajstić information content (AvgIpc) is 2.50. The molecule has 2 heterocycles. The normalized spacial score (nSPS) is 21.2. The van der Waals surface area contributed by atoms with Crippen LogP contribution in [0.1, 0.15) is 44.0 Å². The maximum atomic E-state index is 12.5. The molecule has 0 aromatic carbocycles. The molecule has 23 heavy (non-hydrogen) atoms. The predicted octanol–water partition coefficient (Wildman–Crippen LogP) is 1.11. The van der Waals surface area contributed by atoms with Crippen LogP contribution in [0.5, 0.6) is 0 Å². The van der Waals surface area contributed by atoms with Crippen LogP contribution in [0.15, 0.2) is 11.0 Å². The number of carboxylic acid groups (broad SMARTS) is 1. The molecule has 1 atom stereocenters. The molecule has 1 fully saturated rings. The zero-order valence-electron chi connectivity index (χ0n) is 13.6. The summed E-state index contributed by atoms with van der Waals surface area (Å²) in [6.45, 7) is 4.37. The van der Waals surface area contributed by atoms with Gasteiger partial charge in [-0.25, -0.2) is 4.98 Å². The first kappa shape index (κ1) is 17.2. The molecular formula is C16H23N3O4. The van der Waals surface area contributed by atoms with Crippen molar-refractivity contribution in [3.63, 3.8) is 0 Å². The fraction of sp³-hybridized carbons (Fsp3) is 0.625. The molecule has 7 heteroatoms. The van der Waals surface area contributed by atoms with Gasteiger partial charge in [0.2, 0.25) is 5.91 Å². The molecule has 0 aliphatic carbocycles. The Balaban J connectivity index is 2.12. The maximum Gasteiger partial charge on any atom is 0.311 e. The second kappa shape index (κ2) is 6.93. The SMILES string of the molecule is CCC[C@]1(C(=O)O)CCCN(C(=O)Cc2cnc(C)[nH]c2=O)C1. The van der Waals surface area contributed by atoms with E-state index in [1.165, 1.54) is 6.20 Å². The van der Waals surface area contributed by atoms with Gasteiger partial charge in [-0.05, 0) is 26.2 Å². The molecule has 0 saturated carbocycles. The highest BCUT2D eigenvalue weighted by atomic mass is 16.4. The minimum Gasteiger partial charge on any atom is -0.481 e. The van der Waals surface area contributed by atoms with E-state index in [0.717, 1.165) is 6.42 Å². The molecule has 0 radical (unpaired) electrons. The van der Waals surface area contributed by atoms with Gasteiger partial charge < -0.3 is 15.0 Å². The van der Waals surface area contributed by atoms with Crippen molar-refractivity contribution in [1.82, 2.24) is 14.9 Å². The van der Waals surface area contributed by atoms with Crippen molar-refractivity contribution in [2.75, 3.05) is 13.1 Å². The van der Waals surface area contributed by atoms with Crippen LogP contribution in [0.4, 0.5) is 0 Å². The third-order valence-corrected chi connectivity index (χ3v) is 4.45. The van der Waals surface area contributed by atoms with Crippen molar-refractivity contribution in [3.05, 3.63) is 27.9 Å². The number of nitrogens with one attached hydrogen (secondary N) is 1. The number of likely N-dealkylation sites (tertiary alicyclic amines) is 1. The lowest BCUT2D eigenvalue weighted by atomic mass is 9.76. The molecule has 126 valence electrons. The van der Waals surface area contributed by atoms with Crippen LogP contribution in [-0.2, 0) is 16.0 Å². The number of piperidine rings is 1. The van der Waals surface area contributed by atoms with Crippen molar-refractivity contribution < 1.29 is 14.7 Å². The topological polar surface area (TPSA) is 103 Å². The van der Waals surface area contributed by atoms with Gasteiger partial charge in [0.25, 0.3) is 5.56 Å². The predicted molar refractivity (Wildman–Crippen MR) is 84.1 cm³/mol. The van der Waals surface area contributed by atoms with Gasteiger partial charge in [0.05, 0.1) is 11.8 Å². The largest absolute Gasteiger partial charge is 0.481 e. The number of aromatic amines is 1. The zero-order chi connectivity index (χ0) is 17.0. The first-order valence-corrected chi connectivity index (χ1v) is 7.94. The molecule has 1 saturated heterocycles. The van der Waals surface area contributed by atoms with Gasteiger partial charge in [-0.2, -0.15) is 0 Å². The Kier molecular flexibility index (Phi) is 5.18. The van der Waals surface area contributed by atoms with Crippen LogP contribution < -0.4 is 5.56 Å². The lowest BCUT2D eigenvalue weighted by Gasteiger charge is -2.40. The van der Waals surface area contributed by atoms with Crippen molar-refractivity contribution in [1.29, 1.82) is 0 Å². The molecule has 0 spiro atoms. The van der Waals surface area contributed by atoms with Crippen molar-refractivity contribution in [3.8, 4) is 0 Å². The molecule has 2 rings (SSSR count). The van der Waals surface area contributed by atoms with Crippen LogP contribution in [0.2, 0.25) is 0 Å². The van der Waals surface area contributed by atoms with E-state index in [9.17, 15) is 19.5 Å². The van der Waals surface area contributed by atoms with Crippen molar-refractivity contribution >= 4 is 11.9 Å². The zero-order valence-corrected chi connectivity index (χ0v) is 13.6. The molecule has 1 aromatic heterocycles. The highest BCUT2D eigenvalue weighted by Gasteiger charge is 2.42. The van der Waals surface area contributed by atoms with Gasteiger partial charge >= 0.3 is 5.97 Å². The van der Waals surface area contributed by atoms with Crippen LogP contribution >= 0.6 is 0 Å². The maximum absolute atomic E-state index is 12.5. The number of carbonyl (C=O) groups excluding carboxylic acids is 1. The number of carbonyl (C=O) groups is 2. The van der Waals surface area contributed by atoms with Gasteiger partial charge in [-0.15, -0.1) is 0 Å². The third-order valence-electron chi connectivity index (χ3n) is 4.45. The van der Waals surface area contributed by atoms with E-state index < -0.39 is 11.4 Å². The first-order chi connectivity index (χ1) is 10.9. The van der Waals surface area contributed by atoms with Crippen LogP contribution in [0.3, 0.4) is 0 Å². The number of aryl methyl sites for hydroxylation is 1. The Labute approximate surface area is 134 Å². The van der Waals surface area contributed by atoms with Gasteiger partial charge in [-0.3, -0.25) is 14.4 Å². The molecule has 2 N–H and O–H groups in total. The molecule has 1 aromatic rings. The summed E-state index contributed by atoms with van der Waals surface area (Å²) in [6.07, 6.45) is 3.93. The van der Waals surface area contributed by atoms with E-state index in [-0.39, 0.29) is 24.4 Å². The standard InChI is InChI=1S/C16H23N3O4/c1-3-5-16(15(22)23)6-4-7-19(10-16)13(20)8-12-9-17-11(2)18-14(12)21/h9H,3-8,10H2,1-2H3,(H,22,23)(H,17,18,21)/t16-/m0/s1. The molecule has 7 nitrogen and oxygen atoms in total. The Morgan fingerprint density at radius 2 is 2.22 bits per heavy atom. The molecular weight excluding hydrogens is 298 g/mol. The second-order valence-electron chi connectivity index (χ2n) is 6.25. The smallest absolute Gasteiger partial charge is 0.311 e. The third kappa shape index (κ3) is 3.78. The van der Waals surface area contributed by atoms with E-state index in [4.69, 9.17) is 0 Å². The number of amides is 1. The molecule has 1 aliphatic heterocycles. The summed E-state index contributed by atoms with van der Waals surface area (Å²) in [5.74, 6) is -0.564. The number of nitrogens with zero attached hydrogens (tertiary/aromatic N) is 2. The molecule has 0 bridgehead atoms. The van der Waals surface area contributed by atoms with E-state index in [1.807, 2.05) is 6.92 Å².